The van der Waals surface area contributed by atoms with Gasteiger partial charge in [-0.05, 0) is 88.6 Å². The molecule has 1 amide bonds. The third-order valence-electron chi connectivity index (χ3n) is 4.06. The van der Waals surface area contributed by atoms with E-state index < -0.39 is 0 Å². The maximum atomic E-state index is 12.4. The number of hydrogen-bond donors (Lipinski definition) is 1. The Morgan fingerprint density at radius 1 is 1.07 bits per heavy atom. The van der Waals surface area contributed by atoms with Crippen LogP contribution in [0.1, 0.15) is 16.7 Å². The van der Waals surface area contributed by atoms with Crippen molar-refractivity contribution in [1.29, 1.82) is 0 Å². The van der Waals surface area contributed by atoms with Gasteiger partial charge in [-0.15, -0.1) is 0 Å². The largest absolute Gasteiger partial charge is 0.493 e. The van der Waals surface area contributed by atoms with E-state index in [2.05, 4.69) is 42.2 Å². The minimum Gasteiger partial charge on any atom is -0.493 e. The number of thioether (sulfide) groups is 1. The monoisotopic (exact) mass is 524 g/mol. The van der Waals surface area contributed by atoms with Crippen molar-refractivity contribution in [3.05, 3.63) is 54.8 Å². The maximum Gasteiger partial charge on any atom is 0.264 e. The van der Waals surface area contributed by atoms with E-state index in [1.165, 1.54) is 11.8 Å². The molecular formula is C20H18Br2N2O3S. The lowest BCUT2D eigenvalue weighted by Crippen LogP contribution is -2.19. The third kappa shape index (κ3) is 4.45. The van der Waals surface area contributed by atoms with Crippen LogP contribution >= 0.6 is 43.6 Å². The van der Waals surface area contributed by atoms with Crippen LogP contribution in [0.3, 0.4) is 0 Å². The van der Waals surface area contributed by atoms with Gasteiger partial charge < -0.3 is 14.8 Å². The van der Waals surface area contributed by atoms with Crippen LogP contribution in [-0.2, 0) is 4.79 Å². The summed E-state index contributed by atoms with van der Waals surface area (Å²) in [5, 5.41) is 3.37. The summed E-state index contributed by atoms with van der Waals surface area (Å²) < 4.78 is 12.5. The summed E-state index contributed by atoms with van der Waals surface area (Å²) in [6, 6.07) is 7.65. The average molecular weight is 526 g/mol. The molecule has 0 unspecified atom stereocenters. The maximum absolute atomic E-state index is 12.4. The number of aliphatic imine (C=N–C) groups is 1. The Kier molecular flexibility index (Phi) is 6.52. The number of rotatable bonds is 4. The summed E-state index contributed by atoms with van der Waals surface area (Å²) in [5.74, 6) is 1.01. The van der Waals surface area contributed by atoms with Crippen molar-refractivity contribution < 1.29 is 14.3 Å². The molecule has 0 bridgehead atoms. The van der Waals surface area contributed by atoms with E-state index in [1.807, 2.05) is 38.1 Å². The summed E-state index contributed by atoms with van der Waals surface area (Å²) in [6.07, 6.45) is 1.80. The Bertz CT molecular complexity index is 996. The molecule has 0 radical (unpaired) electrons. The molecule has 2 aromatic rings. The predicted octanol–water partition coefficient (Wildman–Crippen LogP) is 5.74. The lowest BCUT2D eigenvalue weighted by Gasteiger charge is -2.10. The molecule has 0 saturated carbocycles. The van der Waals surface area contributed by atoms with Gasteiger partial charge in [0.15, 0.2) is 16.7 Å². The molecule has 0 spiro atoms. The zero-order valence-corrected chi connectivity index (χ0v) is 19.7. The first-order valence-corrected chi connectivity index (χ1v) is 10.7. The number of methoxy groups -OCH3 is 2. The van der Waals surface area contributed by atoms with Crippen molar-refractivity contribution in [2.24, 2.45) is 4.99 Å². The fraction of sp³-hybridized carbons (Fsp3) is 0.200. The molecule has 146 valence electrons. The first kappa shape index (κ1) is 21.0. The topological polar surface area (TPSA) is 59.9 Å². The van der Waals surface area contributed by atoms with Crippen LogP contribution in [0.2, 0.25) is 0 Å². The third-order valence-corrected chi connectivity index (χ3v) is 6.81. The zero-order valence-electron chi connectivity index (χ0n) is 15.7. The summed E-state index contributed by atoms with van der Waals surface area (Å²) in [7, 11) is 3.15. The summed E-state index contributed by atoms with van der Waals surface area (Å²) >= 11 is 8.33. The lowest BCUT2D eigenvalue weighted by molar-refractivity contribution is -0.115. The number of aryl methyl sites for hydroxylation is 2. The highest BCUT2D eigenvalue weighted by molar-refractivity contribution is 9.10. The van der Waals surface area contributed by atoms with E-state index in [9.17, 15) is 4.79 Å². The van der Waals surface area contributed by atoms with E-state index in [4.69, 9.17) is 9.47 Å². The number of nitrogens with one attached hydrogen (secondary N) is 1. The molecule has 3 rings (SSSR count). The van der Waals surface area contributed by atoms with Crippen LogP contribution in [0.15, 0.2) is 43.1 Å². The van der Waals surface area contributed by atoms with Gasteiger partial charge in [0.25, 0.3) is 5.91 Å². The number of carbonyl (C=O) groups is 1. The molecule has 0 aromatic heterocycles. The summed E-state index contributed by atoms with van der Waals surface area (Å²) in [5.41, 5.74) is 3.81. The van der Waals surface area contributed by atoms with Gasteiger partial charge in [0.1, 0.15) is 0 Å². The van der Waals surface area contributed by atoms with Crippen LogP contribution in [-0.4, -0.2) is 25.3 Å². The highest BCUT2D eigenvalue weighted by Gasteiger charge is 2.24. The second kappa shape index (κ2) is 8.71. The quantitative estimate of drug-likeness (QED) is 0.517. The fourth-order valence-corrected chi connectivity index (χ4v) is 4.45. The minimum absolute atomic E-state index is 0.180. The Labute approximate surface area is 184 Å². The second-order valence-corrected chi connectivity index (χ2v) is 8.79. The van der Waals surface area contributed by atoms with Crippen LogP contribution in [0.5, 0.6) is 11.5 Å². The standard InChI is InChI=1S/C20H18Br2N2O3S/c1-10-5-13(6-11(2)17(10)22)23-20-24-19(25)16(28-20)9-12-7-14(21)18(27-4)15(8-12)26-3/h5-9H,1-4H3,(H,23,24,25)/b16-9+. The smallest absolute Gasteiger partial charge is 0.264 e. The normalized spacial score (nSPS) is 16.6. The molecule has 1 saturated heterocycles. The number of ether oxygens (including phenoxy) is 2. The molecule has 8 heteroatoms. The highest BCUT2D eigenvalue weighted by atomic mass is 79.9. The number of carbonyl (C=O) groups excluding carboxylic acids is 1. The number of hydrogen-bond acceptors (Lipinski definition) is 5. The van der Waals surface area contributed by atoms with Crippen molar-refractivity contribution >= 4 is 66.5 Å². The van der Waals surface area contributed by atoms with Crippen molar-refractivity contribution in [2.45, 2.75) is 13.8 Å². The fourth-order valence-electron chi connectivity index (χ4n) is 2.76. The van der Waals surface area contributed by atoms with E-state index in [0.717, 1.165) is 31.3 Å². The number of benzene rings is 2. The molecule has 2 aromatic carbocycles. The van der Waals surface area contributed by atoms with E-state index in [-0.39, 0.29) is 5.91 Å². The van der Waals surface area contributed by atoms with Crippen LogP contribution in [0.4, 0.5) is 5.69 Å². The molecule has 1 aliphatic rings. The minimum atomic E-state index is -0.180. The summed E-state index contributed by atoms with van der Waals surface area (Å²) in [6.45, 7) is 4.03. The van der Waals surface area contributed by atoms with Gasteiger partial charge in [-0.3, -0.25) is 4.79 Å². The average Bonchev–Trinajstić information content (AvgIpc) is 2.97. The number of amides is 1. The first-order valence-electron chi connectivity index (χ1n) is 8.30. The second-order valence-electron chi connectivity index (χ2n) is 6.11. The predicted molar refractivity (Wildman–Crippen MR) is 122 cm³/mol. The Balaban J connectivity index is 1.90. The zero-order chi connectivity index (χ0) is 20.4. The van der Waals surface area contributed by atoms with Gasteiger partial charge in [0, 0.05) is 4.47 Å². The molecule has 1 heterocycles. The van der Waals surface area contributed by atoms with Crippen LogP contribution in [0.25, 0.3) is 6.08 Å². The van der Waals surface area contributed by atoms with E-state index in [0.29, 0.717) is 21.6 Å². The van der Waals surface area contributed by atoms with Gasteiger partial charge >= 0.3 is 0 Å². The number of halogens is 2. The first-order chi connectivity index (χ1) is 13.3. The van der Waals surface area contributed by atoms with Crippen molar-refractivity contribution in [3.8, 4) is 11.5 Å². The van der Waals surface area contributed by atoms with Gasteiger partial charge in [-0.1, -0.05) is 15.9 Å². The molecule has 1 aliphatic heterocycles. The molecule has 0 aliphatic carbocycles. The van der Waals surface area contributed by atoms with Crippen LogP contribution in [0, 0.1) is 13.8 Å². The SMILES string of the molecule is COc1cc(/C=C2/SC(=Nc3cc(C)c(Br)c(C)c3)NC2=O)cc(Br)c1OC. The number of amidine groups is 1. The van der Waals surface area contributed by atoms with E-state index in [1.54, 1.807) is 20.3 Å². The molecular weight excluding hydrogens is 508 g/mol. The van der Waals surface area contributed by atoms with Gasteiger partial charge in [0.2, 0.25) is 0 Å². The van der Waals surface area contributed by atoms with Gasteiger partial charge in [-0.2, -0.15) is 0 Å². The molecule has 5 nitrogen and oxygen atoms in total. The molecule has 1 N–H and O–H groups in total. The number of nitrogens with zero attached hydrogens (tertiary/aromatic N) is 1. The van der Waals surface area contributed by atoms with Crippen LogP contribution < -0.4 is 14.8 Å². The molecule has 1 fully saturated rings. The van der Waals surface area contributed by atoms with Crippen molar-refractivity contribution in [1.82, 2.24) is 5.32 Å². The molecule has 28 heavy (non-hydrogen) atoms. The van der Waals surface area contributed by atoms with Gasteiger partial charge in [-0.25, -0.2) is 4.99 Å². The molecule has 0 atom stereocenters. The van der Waals surface area contributed by atoms with Gasteiger partial charge in [0.05, 0.1) is 29.3 Å². The summed E-state index contributed by atoms with van der Waals surface area (Å²) in [4.78, 5) is 17.5. The van der Waals surface area contributed by atoms with Crippen molar-refractivity contribution in [3.63, 3.8) is 0 Å². The van der Waals surface area contributed by atoms with Crippen molar-refractivity contribution in [2.75, 3.05) is 14.2 Å². The van der Waals surface area contributed by atoms with E-state index >= 15 is 0 Å². The lowest BCUT2D eigenvalue weighted by atomic mass is 10.1. The highest BCUT2D eigenvalue weighted by Crippen LogP contribution is 2.38. The Morgan fingerprint density at radius 2 is 1.75 bits per heavy atom. The Morgan fingerprint density at radius 3 is 2.36 bits per heavy atom. The Hall–Kier alpha value is -1.77.